The number of hydrogen-bond acceptors (Lipinski definition) is 3. The molecule has 0 amide bonds. The summed E-state index contributed by atoms with van der Waals surface area (Å²) >= 11 is 0. The Hall–Kier alpha value is -1.53. The number of nitrogens with zero attached hydrogens (tertiary/aromatic N) is 1. The number of benzene rings is 1. The van der Waals surface area contributed by atoms with Gasteiger partial charge in [0, 0.05) is 5.56 Å². The molecule has 0 spiro atoms. The van der Waals surface area contributed by atoms with Crippen LogP contribution >= 0.6 is 0 Å². The highest BCUT2D eigenvalue weighted by atomic mass is 16.5. The van der Waals surface area contributed by atoms with Gasteiger partial charge in [-0.3, -0.25) is 0 Å². The Morgan fingerprint density at radius 3 is 2.83 bits per heavy atom. The maximum Gasteiger partial charge on any atom is 0.174 e. The minimum Gasteiger partial charge on any atom is -0.478 e. The highest BCUT2D eigenvalue weighted by Gasteiger charge is 1.99. The van der Waals surface area contributed by atoms with Gasteiger partial charge >= 0.3 is 0 Å². The third-order valence-corrected chi connectivity index (χ3v) is 1.44. The van der Waals surface area contributed by atoms with Crippen molar-refractivity contribution in [1.82, 2.24) is 0 Å². The molecule has 0 saturated carbocycles. The van der Waals surface area contributed by atoms with Crippen LogP contribution in [0.15, 0.2) is 24.3 Å². The molecule has 0 aliphatic carbocycles. The third kappa shape index (κ3) is 1.97. The van der Waals surface area contributed by atoms with Crippen LogP contribution in [0.5, 0.6) is 5.75 Å². The molecule has 0 aliphatic heterocycles. The SMILES string of the molecule is N#CCOc1ccccc1CO. The molecule has 0 radical (unpaired) electrons. The van der Waals surface area contributed by atoms with Crippen molar-refractivity contribution in [2.75, 3.05) is 6.61 Å². The number of nitriles is 1. The van der Waals surface area contributed by atoms with Crippen molar-refractivity contribution in [2.45, 2.75) is 6.61 Å². The summed E-state index contributed by atoms with van der Waals surface area (Å²) in [4.78, 5) is 0. The van der Waals surface area contributed by atoms with Crippen LogP contribution in [0.25, 0.3) is 0 Å². The van der Waals surface area contributed by atoms with Gasteiger partial charge in [-0.15, -0.1) is 0 Å². The first-order chi connectivity index (χ1) is 5.88. The molecule has 0 aliphatic rings. The molecule has 0 atom stereocenters. The first kappa shape index (κ1) is 8.57. The second-order valence-corrected chi connectivity index (χ2v) is 2.21. The van der Waals surface area contributed by atoms with E-state index in [-0.39, 0.29) is 13.2 Å². The molecular formula is C9H9NO2. The predicted octanol–water partition coefficient (Wildman–Crippen LogP) is 1.08. The number of aliphatic hydroxyl groups is 1. The van der Waals surface area contributed by atoms with Crippen molar-refractivity contribution in [1.29, 1.82) is 5.26 Å². The average molecular weight is 163 g/mol. The Labute approximate surface area is 70.8 Å². The minimum atomic E-state index is -0.0679. The fraction of sp³-hybridized carbons (Fsp3) is 0.222. The maximum atomic E-state index is 8.85. The van der Waals surface area contributed by atoms with E-state index in [0.717, 1.165) is 0 Å². The Kier molecular flexibility index (Phi) is 3.12. The largest absolute Gasteiger partial charge is 0.478 e. The number of para-hydroxylation sites is 1. The van der Waals surface area contributed by atoms with Crippen LogP contribution in [-0.2, 0) is 6.61 Å². The summed E-state index contributed by atoms with van der Waals surface area (Å²) in [6, 6.07) is 8.95. The van der Waals surface area contributed by atoms with E-state index in [1.165, 1.54) is 0 Å². The van der Waals surface area contributed by atoms with E-state index in [4.69, 9.17) is 15.1 Å². The molecule has 3 nitrogen and oxygen atoms in total. The monoisotopic (exact) mass is 163 g/mol. The van der Waals surface area contributed by atoms with Gasteiger partial charge in [-0.1, -0.05) is 18.2 Å². The van der Waals surface area contributed by atoms with Crippen molar-refractivity contribution in [3.63, 3.8) is 0 Å². The zero-order valence-electron chi connectivity index (χ0n) is 6.53. The van der Waals surface area contributed by atoms with Crippen LogP contribution in [-0.4, -0.2) is 11.7 Å². The van der Waals surface area contributed by atoms with Gasteiger partial charge in [0.1, 0.15) is 11.8 Å². The molecule has 12 heavy (non-hydrogen) atoms. The van der Waals surface area contributed by atoms with E-state index in [0.29, 0.717) is 11.3 Å². The van der Waals surface area contributed by atoms with E-state index in [1.807, 2.05) is 12.1 Å². The van der Waals surface area contributed by atoms with E-state index in [9.17, 15) is 0 Å². The quantitative estimate of drug-likeness (QED) is 0.725. The fourth-order valence-corrected chi connectivity index (χ4v) is 0.885. The molecule has 0 unspecified atom stereocenters. The first-order valence-electron chi connectivity index (χ1n) is 3.57. The lowest BCUT2D eigenvalue weighted by Crippen LogP contribution is -1.97. The van der Waals surface area contributed by atoms with Gasteiger partial charge in [0.15, 0.2) is 6.61 Å². The van der Waals surface area contributed by atoms with Crippen LogP contribution in [0.2, 0.25) is 0 Å². The summed E-state index contributed by atoms with van der Waals surface area (Å²) in [5.74, 6) is 0.571. The van der Waals surface area contributed by atoms with Crippen molar-refractivity contribution in [3.8, 4) is 11.8 Å². The maximum absolute atomic E-state index is 8.85. The Morgan fingerprint density at radius 2 is 2.17 bits per heavy atom. The highest BCUT2D eigenvalue weighted by molar-refractivity contribution is 5.32. The standard InChI is InChI=1S/C9H9NO2/c10-5-6-12-9-4-2-1-3-8(9)7-11/h1-4,11H,6-7H2. The van der Waals surface area contributed by atoms with Gasteiger partial charge in [0.2, 0.25) is 0 Å². The Balaban J connectivity index is 2.76. The smallest absolute Gasteiger partial charge is 0.174 e. The van der Waals surface area contributed by atoms with Gasteiger partial charge in [-0.25, -0.2) is 0 Å². The average Bonchev–Trinajstić information content (AvgIpc) is 2.15. The fourth-order valence-electron chi connectivity index (χ4n) is 0.885. The van der Waals surface area contributed by atoms with E-state index < -0.39 is 0 Å². The topological polar surface area (TPSA) is 53.2 Å². The van der Waals surface area contributed by atoms with Crippen molar-refractivity contribution in [2.24, 2.45) is 0 Å². The zero-order valence-corrected chi connectivity index (χ0v) is 6.53. The highest BCUT2D eigenvalue weighted by Crippen LogP contribution is 2.16. The summed E-state index contributed by atoms with van der Waals surface area (Å²) in [6.07, 6.45) is 0. The van der Waals surface area contributed by atoms with Gasteiger partial charge in [-0.05, 0) is 6.07 Å². The molecule has 1 aromatic carbocycles. The number of ether oxygens (including phenoxy) is 1. The van der Waals surface area contributed by atoms with E-state index in [2.05, 4.69) is 0 Å². The first-order valence-corrected chi connectivity index (χ1v) is 3.57. The molecule has 1 N–H and O–H groups in total. The second-order valence-electron chi connectivity index (χ2n) is 2.21. The Morgan fingerprint density at radius 1 is 1.42 bits per heavy atom. The van der Waals surface area contributed by atoms with Crippen LogP contribution in [0.4, 0.5) is 0 Å². The van der Waals surface area contributed by atoms with Crippen molar-refractivity contribution >= 4 is 0 Å². The summed E-state index contributed by atoms with van der Waals surface area (Å²) in [5.41, 5.74) is 0.702. The molecule has 1 rings (SSSR count). The van der Waals surface area contributed by atoms with Crippen LogP contribution in [0, 0.1) is 11.3 Å². The van der Waals surface area contributed by atoms with Crippen LogP contribution < -0.4 is 4.74 Å². The van der Waals surface area contributed by atoms with Crippen molar-refractivity contribution in [3.05, 3.63) is 29.8 Å². The summed E-state index contributed by atoms with van der Waals surface area (Å²) in [6.45, 7) is -0.0569. The summed E-state index contributed by atoms with van der Waals surface area (Å²) < 4.78 is 5.06. The normalized spacial score (nSPS) is 9.00. The molecule has 0 heterocycles. The van der Waals surface area contributed by atoms with Gasteiger partial charge in [0.05, 0.1) is 6.61 Å². The lowest BCUT2D eigenvalue weighted by atomic mass is 10.2. The van der Waals surface area contributed by atoms with Crippen LogP contribution in [0.3, 0.4) is 0 Å². The lowest BCUT2D eigenvalue weighted by molar-refractivity contribution is 0.270. The zero-order chi connectivity index (χ0) is 8.81. The summed E-state index contributed by atoms with van der Waals surface area (Å²) in [5, 5.41) is 17.1. The van der Waals surface area contributed by atoms with Gasteiger partial charge in [-0.2, -0.15) is 5.26 Å². The molecule has 1 aromatic rings. The van der Waals surface area contributed by atoms with E-state index in [1.54, 1.807) is 18.2 Å². The minimum absolute atomic E-state index is 0.0109. The molecule has 0 bridgehead atoms. The number of aliphatic hydroxyl groups excluding tert-OH is 1. The van der Waals surface area contributed by atoms with Crippen LogP contribution in [0.1, 0.15) is 5.56 Å². The lowest BCUT2D eigenvalue weighted by Gasteiger charge is -2.05. The third-order valence-electron chi connectivity index (χ3n) is 1.44. The molecular weight excluding hydrogens is 154 g/mol. The molecule has 0 saturated heterocycles. The van der Waals surface area contributed by atoms with Gasteiger partial charge < -0.3 is 9.84 Å². The number of rotatable bonds is 3. The molecule has 0 fully saturated rings. The second kappa shape index (κ2) is 4.37. The van der Waals surface area contributed by atoms with Gasteiger partial charge in [0.25, 0.3) is 0 Å². The molecule has 3 heteroatoms. The Bertz CT molecular complexity index is 291. The van der Waals surface area contributed by atoms with E-state index >= 15 is 0 Å². The molecule has 0 aromatic heterocycles. The predicted molar refractivity (Wildman–Crippen MR) is 43.5 cm³/mol. The summed E-state index contributed by atoms with van der Waals surface area (Å²) in [7, 11) is 0. The van der Waals surface area contributed by atoms with Crippen molar-refractivity contribution < 1.29 is 9.84 Å². The molecule has 62 valence electrons. The number of hydrogen-bond donors (Lipinski definition) is 1.